The van der Waals surface area contributed by atoms with E-state index >= 15 is 0 Å². The van der Waals surface area contributed by atoms with Gasteiger partial charge in [0, 0.05) is 6.20 Å². The van der Waals surface area contributed by atoms with Gasteiger partial charge < -0.3 is 5.32 Å². The third-order valence-electron chi connectivity index (χ3n) is 2.53. The molecule has 21 heavy (non-hydrogen) atoms. The van der Waals surface area contributed by atoms with E-state index in [1.54, 1.807) is 19.1 Å². The minimum absolute atomic E-state index is 0.216. The average Bonchev–Trinajstić information content (AvgIpc) is 2.88. The molecule has 0 aromatic carbocycles. The van der Waals surface area contributed by atoms with Crippen LogP contribution in [0.2, 0.25) is 0 Å². The van der Waals surface area contributed by atoms with Gasteiger partial charge >= 0.3 is 5.76 Å². The molecule has 0 radical (unpaired) electrons. The summed E-state index contributed by atoms with van der Waals surface area (Å²) in [7, 11) is -4.81. The van der Waals surface area contributed by atoms with Gasteiger partial charge in [0.1, 0.15) is 10.7 Å². The smallest absolute Gasteiger partial charge is 0.306 e. The van der Waals surface area contributed by atoms with Crippen molar-refractivity contribution >= 4 is 32.9 Å². The second-order valence-corrected chi connectivity index (χ2v) is 6.89. The first-order valence-corrected chi connectivity index (χ1v) is 8.08. The zero-order valence-corrected chi connectivity index (χ0v) is 12.3. The molecule has 0 saturated heterocycles. The third kappa shape index (κ3) is 3.24. The van der Waals surface area contributed by atoms with Crippen molar-refractivity contribution in [2.45, 2.75) is 17.6 Å². The van der Waals surface area contributed by atoms with E-state index in [9.17, 15) is 22.0 Å². The van der Waals surface area contributed by atoms with Crippen molar-refractivity contribution in [3.63, 3.8) is 0 Å². The molecule has 2 aromatic heterocycles. The number of nitrogens with zero attached hydrogens (tertiary/aromatic N) is 1. The Labute approximate surface area is 123 Å². The van der Waals surface area contributed by atoms with Crippen molar-refractivity contribution in [2.75, 3.05) is 5.32 Å². The van der Waals surface area contributed by atoms with E-state index in [2.05, 4.69) is 10.3 Å². The standard InChI is InChI=1S/C12H10F2N2O3S2/c1-7-2-4-15-9(6-7)16-11(17)10-8(3-5-20-10)21(18,19)12(13)14/h2-6,12H,1H3,(H,15,16,17). The Balaban J connectivity index is 2.32. The van der Waals surface area contributed by atoms with Gasteiger partial charge in [0.2, 0.25) is 9.84 Å². The highest BCUT2D eigenvalue weighted by Gasteiger charge is 2.32. The van der Waals surface area contributed by atoms with Crippen LogP contribution >= 0.6 is 11.3 Å². The Morgan fingerprint density at radius 1 is 1.38 bits per heavy atom. The fraction of sp³-hybridized carbons (Fsp3) is 0.167. The molecule has 2 rings (SSSR count). The Hall–Kier alpha value is -1.87. The van der Waals surface area contributed by atoms with Crippen molar-refractivity contribution in [2.24, 2.45) is 0 Å². The van der Waals surface area contributed by atoms with Gasteiger partial charge in [0.05, 0.1) is 4.90 Å². The number of thiophene rings is 1. The molecule has 2 aromatic rings. The topological polar surface area (TPSA) is 76.1 Å². The number of sulfone groups is 1. The first-order valence-electron chi connectivity index (χ1n) is 5.66. The fourth-order valence-corrected chi connectivity index (χ4v) is 3.62. The zero-order chi connectivity index (χ0) is 15.6. The van der Waals surface area contributed by atoms with E-state index < -0.39 is 26.4 Å². The molecule has 2 heterocycles. The summed E-state index contributed by atoms with van der Waals surface area (Å²) in [5.41, 5.74) is 0.840. The molecule has 1 amide bonds. The van der Waals surface area contributed by atoms with Crippen molar-refractivity contribution in [3.8, 4) is 0 Å². The quantitative estimate of drug-likeness (QED) is 0.934. The minimum atomic E-state index is -4.81. The molecule has 0 saturated carbocycles. The van der Waals surface area contributed by atoms with Gasteiger partial charge in [-0.15, -0.1) is 11.3 Å². The Morgan fingerprint density at radius 2 is 2.10 bits per heavy atom. The van der Waals surface area contributed by atoms with Crippen molar-refractivity contribution in [1.29, 1.82) is 0 Å². The molecule has 112 valence electrons. The van der Waals surface area contributed by atoms with Crippen LogP contribution in [0.15, 0.2) is 34.7 Å². The highest BCUT2D eigenvalue weighted by molar-refractivity contribution is 7.92. The van der Waals surface area contributed by atoms with Gasteiger partial charge in [-0.25, -0.2) is 13.4 Å². The van der Waals surface area contributed by atoms with Crippen LogP contribution < -0.4 is 5.32 Å². The van der Waals surface area contributed by atoms with Gasteiger partial charge in [-0.3, -0.25) is 4.79 Å². The van der Waals surface area contributed by atoms with Crippen molar-refractivity contribution < 1.29 is 22.0 Å². The van der Waals surface area contributed by atoms with E-state index in [-0.39, 0.29) is 10.7 Å². The van der Waals surface area contributed by atoms with Crippen LogP contribution in [0.25, 0.3) is 0 Å². The van der Waals surface area contributed by atoms with Gasteiger partial charge in [0.25, 0.3) is 5.91 Å². The lowest BCUT2D eigenvalue weighted by molar-refractivity contribution is 0.102. The predicted molar refractivity (Wildman–Crippen MR) is 74.4 cm³/mol. The molecule has 0 bridgehead atoms. The molecule has 1 N–H and O–H groups in total. The third-order valence-corrected chi connectivity index (χ3v) is 5.00. The summed E-state index contributed by atoms with van der Waals surface area (Å²) in [6.07, 6.45) is 1.47. The molecule has 0 unspecified atom stereocenters. The molecule has 9 heteroatoms. The Morgan fingerprint density at radius 3 is 2.71 bits per heavy atom. The lowest BCUT2D eigenvalue weighted by Gasteiger charge is -2.06. The van der Waals surface area contributed by atoms with E-state index in [0.717, 1.165) is 23.0 Å². The first-order chi connectivity index (χ1) is 9.82. The number of nitrogens with one attached hydrogen (secondary N) is 1. The normalized spacial score (nSPS) is 11.6. The number of rotatable bonds is 4. The highest BCUT2D eigenvalue weighted by Crippen LogP contribution is 2.27. The molecule has 0 atom stereocenters. The van der Waals surface area contributed by atoms with Crippen LogP contribution in [0.1, 0.15) is 15.2 Å². The van der Waals surface area contributed by atoms with Gasteiger partial charge in [-0.2, -0.15) is 8.78 Å². The number of halogens is 2. The maximum Gasteiger partial charge on any atom is 0.341 e. The van der Waals surface area contributed by atoms with E-state index in [4.69, 9.17) is 0 Å². The van der Waals surface area contributed by atoms with Crippen LogP contribution in [0.5, 0.6) is 0 Å². The number of pyridine rings is 1. The van der Waals surface area contributed by atoms with Crippen LogP contribution in [0.4, 0.5) is 14.6 Å². The monoisotopic (exact) mass is 332 g/mol. The molecule has 5 nitrogen and oxygen atoms in total. The number of aryl methyl sites for hydroxylation is 1. The molecule has 0 fully saturated rings. The second-order valence-electron chi connectivity index (χ2n) is 4.09. The van der Waals surface area contributed by atoms with Gasteiger partial charge in [-0.05, 0) is 36.1 Å². The first kappa shape index (κ1) is 15.5. The summed E-state index contributed by atoms with van der Waals surface area (Å²) in [5.74, 6) is -4.15. The maximum absolute atomic E-state index is 12.6. The lowest BCUT2D eigenvalue weighted by Crippen LogP contribution is -2.18. The van der Waals surface area contributed by atoms with Gasteiger partial charge in [-0.1, -0.05) is 0 Å². The summed E-state index contributed by atoms with van der Waals surface area (Å²) in [6, 6.07) is 4.28. The number of alkyl halides is 2. The molecule has 0 aliphatic carbocycles. The molecular formula is C12H10F2N2O3S2. The van der Waals surface area contributed by atoms with Crippen LogP contribution in [-0.4, -0.2) is 25.1 Å². The number of carbonyl (C=O) groups is 1. The average molecular weight is 332 g/mol. The number of hydrogen-bond donors (Lipinski definition) is 1. The predicted octanol–water partition coefficient (Wildman–Crippen LogP) is 2.70. The van der Waals surface area contributed by atoms with Crippen LogP contribution in [-0.2, 0) is 9.84 Å². The van der Waals surface area contributed by atoms with Crippen molar-refractivity contribution in [3.05, 3.63) is 40.2 Å². The maximum atomic E-state index is 12.6. The number of anilines is 1. The summed E-state index contributed by atoms with van der Waals surface area (Å²) in [6.45, 7) is 1.79. The zero-order valence-electron chi connectivity index (χ0n) is 10.7. The molecule has 0 spiro atoms. The molecule has 0 aliphatic heterocycles. The highest BCUT2D eigenvalue weighted by atomic mass is 32.2. The lowest BCUT2D eigenvalue weighted by atomic mass is 10.3. The molecule has 0 aliphatic rings. The van der Waals surface area contributed by atoms with E-state index in [0.29, 0.717) is 0 Å². The summed E-state index contributed by atoms with van der Waals surface area (Å²) in [4.78, 5) is 15.0. The van der Waals surface area contributed by atoms with Crippen LogP contribution in [0.3, 0.4) is 0 Å². The number of hydrogen-bond acceptors (Lipinski definition) is 5. The summed E-state index contributed by atoms with van der Waals surface area (Å²) >= 11 is 0.773. The summed E-state index contributed by atoms with van der Waals surface area (Å²) in [5, 5.41) is 3.66. The van der Waals surface area contributed by atoms with Gasteiger partial charge in [0.15, 0.2) is 0 Å². The Kier molecular flexibility index (Phi) is 4.33. The van der Waals surface area contributed by atoms with Crippen LogP contribution in [0, 0.1) is 6.92 Å². The van der Waals surface area contributed by atoms with E-state index in [1.807, 2.05) is 0 Å². The SMILES string of the molecule is Cc1ccnc(NC(=O)c2sccc2S(=O)(=O)C(F)F)c1. The van der Waals surface area contributed by atoms with Crippen molar-refractivity contribution in [1.82, 2.24) is 4.98 Å². The largest absolute Gasteiger partial charge is 0.341 e. The number of amides is 1. The second kappa shape index (κ2) is 5.86. The Bertz CT molecular complexity index is 772. The molecular weight excluding hydrogens is 322 g/mol. The number of carbonyl (C=O) groups excluding carboxylic acids is 1. The summed E-state index contributed by atoms with van der Waals surface area (Å²) < 4.78 is 48.1. The fourth-order valence-electron chi connectivity index (χ4n) is 1.56. The number of aromatic nitrogens is 1. The van der Waals surface area contributed by atoms with E-state index in [1.165, 1.54) is 11.6 Å². The minimum Gasteiger partial charge on any atom is -0.306 e.